The zero-order chi connectivity index (χ0) is 9.26. The third-order valence-electron chi connectivity index (χ3n) is 1.77. The third kappa shape index (κ3) is 1.62. The second-order valence-electron chi connectivity index (χ2n) is 2.65. The largest absolute Gasteiger partial charge is 0.357 e. The molecule has 0 radical (unpaired) electrons. The lowest BCUT2D eigenvalue weighted by atomic mass is 10.2. The molecule has 66 valence electrons. The van der Waals surface area contributed by atoms with Crippen LogP contribution in [0.5, 0.6) is 0 Å². The molecule has 0 saturated heterocycles. The van der Waals surface area contributed by atoms with E-state index in [9.17, 15) is 0 Å². The zero-order valence-corrected chi connectivity index (χ0v) is 8.67. The quantitative estimate of drug-likeness (QED) is 0.829. The molecule has 13 heavy (non-hydrogen) atoms. The van der Waals surface area contributed by atoms with Gasteiger partial charge in [-0.3, -0.25) is 0 Å². The minimum Gasteiger partial charge on any atom is -0.357 e. The maximum Gasteiger partial charge on any atom is 0.222 e. The van der Waals surface area contributed by atoms with Gasteiger partial charge in [0, 0.05) is 23.1 Å². The van der Waals surface area contributed by atoms with E-state index in [0.717, 1.165) is 15.4 Å². The van der Waals surface area contributed by atoms with Crippen molar-refractivity contribution in [3.05, 3.63) is 28.9 Å². The lowest BCUT2D eigenvalue weighted by Gasteiger charge is -2.00. The minimum atomic E-state index is 0.644. The van der Waals surface area contributed by atoms with Crippen LogP contribution in [0.15, 0.2) is 28.9 Å². The number of nitrogens with zero attached hydrogens (tertiary/aromatic N) is 2. The Balaban J connectivity index is 2.68. The van der Waals surface area contributed by atoms with Gasteiger partial charge < -0.3 is 5.32 Å². The molecule has 2 aromatic rings. The van der Waals surface area contributed by atoms with Gasteiger partial charge in [0.1, 0.15) is 0 Å². The van der Waals surface area contributed by atoms with E-state index >= 15 is 0 Å². The lowest BCUT2D eigenvalue weighted by Crippen LogP contribution is -1.95. The van der Waals surface area contributed by atoms with Crippen molar-refractivity contribution in [2.45, 2.75) is 0 Å². The molecule has 1 heterocycles. The fraction of sp³-hybridized carbons (Fsp3) is 0.111. The summed E-state index contributed by atoms with van der Waals surface area (Å²) in [6, 6.07) is 5.93. The van der Waals surface area contributed by atoms with Gasteiger partial charge in [-0.1, -0.05) is 22.0 Å². The number of anilines is 1. The van der Waals surface area contributed by atoms with E-state index in [-0.39, 0.29) is 0 Å². The molecule has 1 aromatic carbocycles. The Hall–Kier alpha value is -1.16. The van der Waals surface area contributed by atoms with Gasteiger partial charge >= 0.3 is 0 Å². The highest BCUT2D eigenvalue weighted by atomic mass is 79.9. The number of nitrogens with one attached hydrogen (secondary N) is 1. The van der Waals surface area contributed by atoms with Gasteiger partial charge in [0.05, 0.1) is 5.52 Å². The summed E-state index contributed by atoms with van der Waals surface area (Å²) >= 11 is 3.40. The zero-order valence-electron chi connectivity index (χ0n) is 7.08. The monoisotopic (exact) mass is 237 g/mol. The van der Waals surface area contributed by atoms with Gasteiger partial charge in [-0.05, 0) is 12.1 Å². The fourth-order valence-corrected chi connectivity index (χ4v) is 1.47. The highest BCUT2D eigenvalue weighted by Crippen LogP contribution is 2.17. The van der Waals surface area contributed by atoms with E-state index in [4.69, 9.17) is 0 Å². The standard InChI is InChI=1S/C9H8BrN3/c1-11-9-12-5-6-2-3-7(10)4-8(6)13-9/h2-5H,1H3,(H,11,12,13). The normalized spacial score (nSPS) is 10.3. The summed E-state index contributed by atoms with van der Waals surface area (Å²) < 4.78 is 1.03. The molecule has 3 nitrogen and oxygen atoms in total. The molecule has 4 heteroatoms. The predicted octanol–water partition coefficient (Wildman–Crippen LogP) is 2.43. The maximum atomic E-state index is 4.30. The van der Waals surface area contributed by atoms with Crippen LogP contribution in [0.4, 0.5) is 5.95 Å². The van der Waals surface area contributed by atoms with Crippen LogP contribution in [-0.2, 0) is 0 Å². The molecule has 1 aromatic heterocycles. The molecule has 1 N–H and O–H groups in total. The molecule has 0 saturated carbocycles. The molecule has 0 fully saturated rings. The molecule has 0 aliphatic rings. The van der Waals surface area contributed by atoms with E-state index in [0.29, 0.717) is 5.95 Å². The molecule has 0 atom stereocenters. The smallest absolute Gasteiger partial charge is 0.222 e. The maximum absolute atomic E-state index is 4.30. The van der Waals surface area contributed by atoms with Crippen LogP contribution < -0.4 is 5.32 Å². The summed E-state index contributed by atoms with van der Waals surface area (Å²) in [7, 11) is 1.80. The lowest BCUT2D eigenvalue weighted by molar-refractivity contribution is 1.19. The topological polar surface area (TPSA) is 37.8 Å². The van der Waals surface area contributed by atoms with Crippen LogP contribution in [0.3, 0.4) is 0 Å². The Morgan fingerprint density at radius 2 is 2.23 bits per heavy atom. The predicted molar refractivity (Wildman–Crippen MR) is 56.8 cm³/mol. The van der Waals surface area contributed by atoms with Crippen molar-refractivity contribution >= 4 is 32.8 Å². The highest BCUT2D eigenvalue weighted by Gasteiger charge is 1.97. The first-order valence-corrected chi connectivity index (χ1v) is 4.69. The van der Waals surface area contributed by atoms with Crippen molar-refractivity contribution in [3.63, 3.8) is 0 Å². The SMILES string of the molecule is CNc1ncc2ccc(Br)cc2n1. The van der Waals surface area contributed by atoms with Gasteiger partial charge in [-0.25, -0.2) is 9.97 Å². The molecule has 0 amide bonds. The Bertz CT molecular complexity index is 442. The van der Waals surface area contributed by atoms with Crippen LogP contribution in [0.25, 0.3) is 10.9 Å². The average Bonchev–Trinajstić information content (AvgIpc) is 2.16. The number of aromatic nitrogens is 2. The highest BCUT2D eigenvalue weighted by molar-refractivity contribution is 9.10. The molecular formula is C9H8BrN3. The van der Waals surface area contributed by atoms with E-state index in [2.05, 4.69) is 31.2 Å². The van der Waals surface area contributed by atoms with Gasteiger partial charge in [0.25, 0.3) is 0 Å². The number of benzene rings is 1. The Labute approximate surface area is 84.3 Å². The van der Waals surface area contributed by atoms with Crippen molar-refractivity contribution in [1.29, 1.82) is 0 Å². The summed E-state index contributed by atoms with van der Waals surface area (Å²) in [5, 5.41) is 3.94. The van der Waals surface area contributed by atoms with E-state index in [1.165, 1.54) is 0 Å². The van der Waals surface area contributed by atoms with Crippen LogP contribution in [0.2, 0.25) is 0 Å². The summed E-state index contributed by atoms with van der Waals surface area (Å²) in [5.41, 5.74) is 0.939. The molecule has 0 aliphatic carbocycles. The van der Waals surface area contributed by atoms with Crippen molar-refractivity contribution in [2.75, 3.05) is 12.4 Å². The van der Waals surface area contributed by atoms with E-state index < -0.39 is 0 Å². The molecule has 2 rings (SSSR count). The fourth-order valence-electron chi connectivity index (χ4n) is 1.12. The van der Waals surface area contributed by atoms with E-state index in [1.54, 1.807) is 13.2 Å². The number of rotatable bonds is 1. The van der Waals surface area contributed by atoms with Crippen molar-refractivity contribution in [2.24, 2.45) is 0 Å². The summed E-state index contributed by atoms with van der Waals surface area (Å²) in [6.45, 7) is 0. The van der Waals surface area contributed by atoms with Crippen LogP contribution >= 0.6 is 15.9 Å². The minimum absolute atomic E-state index is 0.644. The molecule has 0 spiro atoms. The van der Waals surface area contributed by atoms with Crippen LogP contribution in [-0.4, -0.2) is 17.0 Å². The van der Waals surface area contributed by atoms with Gasteiger partial charge in [0.15, 0.2) is 0 Å². The van der Waals surface area contributed by atoms with Crippen LogP contribution in [0, 0.1) is 0 Å². The molecule has 0 aliphatic heterocycles. The average molecular weight is 238 g/mol. The van der Waals surface area contributed by atoms with Crippen LogP contribution in [0.1, 0.15) is 0 Å². The summed E-state index contributed by atoms with van der Waals surface area (Å²) in [6.07, 6.45) is 1.81. The van der Waals surface area contributed by atoms with Gasteiger partial charge in [-0.15, -0.1) is 0 Å². The van der Waals surface area contributed by atoms with Crippen molar-refractivity contribution in [1.82, 2.24) is 9.97 Å². The number of hydrogen-bond acceptors (Lipinski definition) is 3. The molecular weight excluding hydrogens is 230 g/mol. The summed E-state index contributed by atoms with van der Waals surface area (Å²) in [5.74, 6) is 0.644. The first-order valence-electron chi connectivity index (χ1n) is 3.89. The second-order valence-corrected chi connectivity index (χ2v) is 3.56. The molecule has 0 bridgehead atoms. The second kappa shape index (κ2) is 3.30. The van der Waals surface area contributed by atoms with Crippen molar-refractivity contribution in [3.8, 4) is 0 Å². The Morgan fingerprint density at radius 1 is 1.38 bits per heavy atom. The van der Waals surface area contributed by atoms with E-state index in [1.807, 2.05) is 18.2 Å². The number of halogens is 1. The third-order valence-corrected chi connectivity index (χ3v) is 2.26. The number of fused-ring (bicyclic) bond motifs is 1. The first-order chi connectivity index (χ1) is 6.29. The first kappa shape index (κ1) is 8.44. The summed E-state index contributed by atoms with van der Waals surface area (Å²) in [4.78, 5) is 8.42. The number of hydrogen-bond donors (Lipinski definition) is 1. The molecule has 0 unspecified atom stereocenters. The van der Waals surface area contributed by atoms with Gasteiger partial charge in [-0.2, -0.15) is 0 Å². The van der Waals surface area contributed by atoms with Gasteiger partial charge in [0.2, 0.25) is 5.95 Å². The Kier molecular flexibility index (Phi) is 2.14. The Morgan fingerprint density at radius 3 is 3.00 bits per heavy atom. The van der Waals surface area contributed by atoms with Crippen molar-refractivity contribution < 1.29 is 0 Å².